The number of nitrogens with two attached hydrogens (primary N) is 1. The van der Waals surface area contributed by atoms with E-state index in [1.807, 2.05) is 23.9 Å². The number of nitrogen functional groups attached to an aromatic ring is 1. The Morgan fingerprint density at radius 1 is 1.18 bits per heavy atom. The van der Waals surface area contributed by atoms with Gasteiger partial charge in [0.1, 0.15) is 33.9 Å². The van der Waals surface area contributed by atoms with E-state index in [1.165, 1.54) is 5.56 Å². The number of nitrogens with one attached hydrogen (secondary N) is 1. The first-order valence-electron chi connectivity index (χ1n) is 12.9. The van der Waals surface area contributed by atoms with Gasteiger partial charge in [0.15, 0.2) is 5.82 Å². The molecule has 12 nitrogen and oxygen atoms in total. The SMILES string of the molecule is COc1cc(C2CCN(CCN(C)C)CC2)cnc1Cn1ncc2nc(N)nc(NCc3cc(C)on3)c21. The highest BCUT2D eigenvalue weighted by atomic mass is 16.5. The Hall–Kier alpha value is -3.77. The number of hydrogen-bond acceptors (Lipinski definition) is 11. The molecule has 0 aromatic carbocycles. The number of aryl methyl sites for hydroxylation is 1. The third kappa shape index (κ3) is 5.86. The summed E-state index contributed by atoms with van der Waals surface area (Å²) in [4.78, 5) is 18.4. The van der Waals surface area contributed by atoms with Crippen LogP contribution in [0.15, 0.2) is 29.0 Å². The maximum absolute atomic E-state index is 5.96. The van der Waals surface area contributed by atoms with Crippen LogP contribution in [0.5, 0.6) is 5.75 Å². The Morgan fingerprint density at radius 3 is 2.71 bits per heavy atom. The van der Waals surface area contributed by atoms with Crippen molar-refractivity contribution in [3.05, 3.63) is 47.2 Å². The lowest BCUT2D eigenvalue weighted by atomic mass is 9.90. The lowest BCUT2D eigenvalue weighted by Crippen LogP contribution is -2.37. The van der Waals surface area contributed by atoms with E-state index in [0.29, 0.717) is 30.3 Å². The average Bonchev–Trinajstić information content (AvgIpc) is 3.52. The number of hydrogen-bond donors (Lipinski definition) is 2. The molecule has 12 heteroatoms. The minimum atomic E-state index is 0.170. The van der Waals surface area contributed by atoms with Gasteiger partial charge in [0.2, 0.25) is 5.95 Å². The van der Waals surface area contributed by atoms with Gasteiger partial charge in [-0.1, -0.05) is 5.16 Å². The molecule has 0 bridgehead atoms. The quantitative estimate of drug-likeness (QED) is 0.319. The highest BCUT2D eigenvalue weighted by Gasteiger charge is 2.22. The molecule has 3 N–H and O–H groups in total. The molecule has 1 aliphatic heterocycles. The zero-order valence-corrected chi connectivity index (χ0v) is 22.5. The molecule has 38 heavy (non-hydrogen) atoms. The van der Waals surface area contributed by atoms with Crippen LogP contribution in [-0.4, -0.2) is 87.1 Å². The van der Waals surface area contributed by atoms with Gasteiger partial charge in [-0.15, -0.1) is 0 Å². The van der Waals surface area contributed by atoms with Gasteiger partial charge in [-0.3, -0.25) is 9.67 Å². The highest BCUT2D eigenvalue weighted by Crippen LogP contribution is 2.31. The van der Waals surface area contributed by atoms with E-state index >= 15 is 0 Å². The molecule has 1 aliphatic rings. The number of rotatable bonds is 10. The molecule has 0 amide bonds. The van der Waals surface area contributed by atoms with Crippen molar-refractivity contribution in [2.75, 3.05) is 58.4 Å². The molecule has 0 aliphatic carbocycles. The highest BCUT2D eigenvalue weighted by molar-refractivity contribution is 5.86. The number of nitrogens with zero attached hydrogens (tertiary/aromatic N) is 8. The number of likely N-dealkylation sites (N-methyl/N-ethyl adjacent to an activating group) is 1. The zero-order chi connectivity index (χ0) is 26.6. The average molecular weight is 521 g/mol. The molecule has 0 spiro atoms. The van der Waals surface area contributed by atoms with Crippen LogP contribution >= 0.6 is 0 Å². The normalized spacial score (nSPS) is 15.0. The van der Waals surface area contributed by atoms with E-state index in [9.17, 15) is 0 Å². The van der Waals surface area contributed by atoms with Gasteiger partial charge in [0.05, 0.1) is 26.4 Å². The van der Waals surface area contributed by atoms with Crippen LogP contribution in [-0.2, 0) is 13.1 Å². The summed E-state index contributed by atoms with van der Waals surface area (Å²) in [6.45, 7) is 7.10. The first-order valence-corrected chi connectivity index (χ1v) is 12.9. The first kappa shape index (κ1) is 25.9. The van der Waals surface area contributed by atoms with Crippen LogP contribution < -0.4 is 15.8 Å². The van der Waals surface area contributed by atoms with Gasteiger partial charge in [0, 0.05) is 25.4 Å². The molecule has 0 radical (unpaired) electrons. The predicted molar refractivity (Wildman–Crippen MR) is 145 cm³/mol. The number of pyridine rings is 1. The summed E-state index contributed by atoms with van der Waals surface area (Å²) in [5.41, 5.74) is 10.1. The van der Waals surface area contributed by atoms with Crippen molar-refractivity contribution in [3.63, 3.8) is 0 Å². The number of piperidine rings is 1. The van der Waals surface area contributed by atoms with Crippen molar-refractivity contribution < 1.29 is 9.26 Å². The third-order valence-corrected chi connectivity index (χ3v) is 7.01. The number of likely N-dealkylation sites (tertiary alicyclic amines) is 1. The van der Waals surface area contributed by atoms with Crippen LogP contribution in [0.4, 0.5) is 11.8 Å². The molecule has 1 saturated heterocycles. The molecule has 0 unspecified atom stereocenters. The monoisotopic (exact) mass is 520 g/mol. The number of ether oxygens (including phenoxy) is 1. The number of anilines is 2. The topological polar surface area (TPSA) is 136 Å². The van der Waals surface area contributed by atoms with Crippen LogP contribution in [0, 0.1) is 6.92 Å². The van der Waals surface area contributed by atoms with Gasteiger partial charge >= 0.3 is 0 Å². The molecule has 4 aromatic rings. The molecule has 202 valence electrons. The van der Waals surface area contributed by atoms with E-state index in [4.69, 9.17) is 20.0 Å². The second kappa shape index (κ2) is 11.3. The van der Waals surface area contributed by atoms with Crippen LogP contribution in [0.25, 0.3) is 11.0 Å². The van der Waals surface area contributed by atoms with Gasteiger partial charge in [-0.05, 0) is 64.5 Å². The zero-order valence-electron chi connectivity index (χ0n) is 22.5. The van der Waals surface area contributed by atoms with Crippen molar-refractivity contribution >= 4 is 22.8 Å². The molecule has 5 heterocycles. The van der Waals surface area contributed by atoms with Gasteiger partial charge < -0.3 is 30.1 Å². The second-order valence-electron chi connectivity index (χ2n) is 10.1. The lowest BCUT2D eigenvalue weighted by Gasteiger charge is -2.32. The van der Waals surface area contributed by atoms with Gasteiger partial charge in [0.25, 0.3) is 0 Å². The van der Waals surface area contributed by atoms with E-state index in [1.54, 1.807) is 13.3 Å². The maximum Gasteiger partial charge on any atom is 0.222 e. The van der Waals surface area contributed by atoms with Crippen molar-refractivity contribution in [3.8, 4) is 5.75 Å². The van der Waals surface area contributed by atoms with Crippen molar-refractivity contribution in [2.24, 2.45) is 0 Å². The van der Waals surface area contributed by atoms with Crippen molar-refractivity contribution in [1.29, 1.82) is 0 Å². The van der Waals surface area contributed by atoms with Crippen LogP contribution in [0.1, 0.15) is 41.5 Å². The Balaban J connectivity index is 1.32. The fourth-order valence-corrected chi connectivity index (χ4v) is 4.92. The van der Waals surface area contributed by atoms with E-state index in [-0.39, 0.29) is 5.95 Å². The Bertz CT molecular complexity index is 1370. The summed E-state index contributed by atoms with van der Waals surface area (Å²) < 4.78 is 12.8. The molecular formula is C26H36N10O2. The summed E-state index contributed by atoms with van der Waals surface area (Å²) in [6.07, 6.45) is 5.93. The Morgan fingerprint density at radius 2 is 2.00 bits per heavy atom. The van der Waals surface area contributed by atoms with Crippen molar-refractivity contribution in [1.82, 2.24) is 39.7 Å². The number of methoxy groups -OCH3 is 1. The Kier molecular flexibility index (Phi) is 7.70. The molecule has 0 saturated carbocycles. The predicted octanol–water partition coefficient (Wildman–Crippen LogP) is 2.51. The standard InChI is InChI=1S/C26H36N10O2/c1-17-11-20(33-38-17)14-29-25-24-21(31-26(27)32-25)15-30-36(24)16-22-23(37-4)12-19(13-28-22)18-5-7-35(8-6-18)10-9-34(2)3/h11-13,15,18H,5-10,14,16H2,1-4H3,(H3,27,29,31,32). The third-order valence-electron chi connectivity index (χ3n) is 7.01. The van der Waals surface area contributed by atoms with Gasteiger partial charge in [-0.2, -0.15) is 10.1 Å². The second-order valence-corrected chi connectivity index (χ2v) is 10.1. The van der Waals surface area contributed by atoms with Crippen LogP contribution in [0.3, 0.4) is 0 Å². The van der Waals surface area contributed by atoms with Gasteiger partial charge in [-0.25, -0.2) is 4.98 Å². The lowest BCUT2D eigenvalue weighted by molar-refractivity contribution is 0.193. The molecular weight excluding hydrogens is 484 g/mol. The summed E-state index contributed by atoms with van der Waals surface area (Å²) >= 11 is 0. The fourth-order valence-electron chi connectivity index (χ4n) is 4.92. The molecule has 0 atom stereocenters. The summed E-state index contributed by atoms with van der Waals surface area (Å²) in [5, 5.41) is 11.9. The van der Waals surface area contributed by atoms with E-state index in [0.717, 1.165) is 67.4 Å². The summed E-state index contributed by atoms with van der Waals surface area (Å²) in [6, 6.07) is 4.00. The molecule has 5 rings (SSSR count). The van der Waals surface area contributed by atoms with Crippen molar-refractivity contribution in [2.45, 2.75) is 38.8 Å². The smallest absolute Gasteiger partial charge is 0.222 e. The number of fused-ring (bicyclic) bond motifs is 1. The van der Waals surface area contributed by atoms with Crippen LogP contribution in [0.2, 0.25) is 0 Å². The molecule has 4 aromatic heterocycles. The largest absolute Gasteiger partial charge is 0.495 e. The van der Waals surface area contributed by atoms with E-state index in [2.05, 4.69) is 55.5 Å². The fraction of sp³-hybridized carbons (Fsp3) is 0.500. The summed E-state index contributed by atoms with van der Waals surface area (Å²) in [5.74, 6) is 2.73. The van der Waals surface area contributed by atoms with E-state index < -0.39 is 0 Å². The maximum atomic E-state index is 5.96. The minimum absolute atomic E-state index is 0.170. The minimum Gasteiger partial charge on any atom is -0.495 e. The summed E-state index contributed by atoms with van der Waals surface area (Å²) in [7, 11) is 5.93. The number of aromatic nitrogens is 6. The first-order chi connectivity index (χ1) is 18.4. The Labute approximate surface area is 222 Å². The molecule has 1 fully saturated rings.